The van der Waals surface area contributed by atoms with E-state index in [1.807, 2.05) is 30.3 Å². The van der Waals surface area contributed by atoms with Gasteiger partial charge in [0.05, 0.1) is 24.2 Å². The lowest BCUT2D eigenvalue weighted by molar-refractivity contribution is -0.133. The first-order valence-electron chi connectivity index (χ1n) is 8.46. The molecule has 1 aliphatic heterocycles. The standard InChI is InChI=1S/C19H22N4O2/c20-17-9-8-16(12-21-17)22-19(25)15-7-4-10-23(13-15)18(24)11-14-5-2-1-3-6-14/h1-3,5-6,8-9,12,15H,4,7,10-11,13H2,(H2,20,21)(H,22,25). The zero-order valence-corrected chi connectivity index (χ0v) is 14.0. The first kappa shape index (κ1) is 17.0. The van der Waals surface area contributed by atoms with Crippen LogP contribution in [0.25, 0.3) is 0 Å². The van der Waals surface area contributed by atoms with E-state index < -0.39 is 0 Å². The van der Waals surface area contributed by atoms with Crippen LogP contribution in [-0.4, -0.2) is 34.8 Å². The molecular formula is C19H22N4O2. The Morgan fingerprint density at radius 2 is 2.00 bits per heavy atom. The molecule has 0 spiro atoms. The minimum absolute atomic E-state index is 0.0675. The highest BCUT2D eigenvalue weighted by atomic mass is 16.2. The average Bonchev–Trinajstić information content (AvgIpc) is 2.64. The smallest absolute Gasteiger partial charge is 0.229 e. The summed E-state index contributed by atoms with van der Waals surface area (Å²) in [6, 6.07) is 13.0. The van der Waals surface area contributed by atoms with E-state index >= 15 is 0 Å². The molecule has 1 saturated heterocycles. The molecule has 2 aromatic rings. The number of amides is 2. The van der Waals surface area contributed by atoms with Gasteiger partial charge in [-0.25, -0.2) is 4.98 Å². The van der Waals surface area contributed by atoms with E-state index in [0.29, 0.717) is 31.0 Å². The fraction of sp³-hybridized carbons (Fsp3) is 0.316. The van der Waals surface area contributed by atoms with E-state index in [-0.39, 0.29) is 17.7 Å². The molecule has 3 rings (SSSR count). The van der Waals surface area contributed by atoms with Crippen LogP contribution in [0.2, 0.25) is 0 Å². The van der Waals surface area contributed by atoms with Crippen molar-refractivity contribution in [1.82, 2.24) is 9.88 Å². The van der Waals surface area contributed by atoms with E-state index in [4.69, 9.17) is 5.73 Å². The predicted molar refractivity (Wildman–Crippen MR) is 96.7 cm³/mol. The van der Waals surface area contributed by atoms with E-state index in [9.17, 15) is 9.59 Å². The molecule has 2 amide bonds. The summed E-state index contributed by atoms with van der Waals surface area (Å²) in [5.41, 5.74) is 7.16. The minimum Gasteiger partial charge on any atom is -0.384 e. The number of hydrogen-bond acceptors (Lipinski definition) is 4. The third-order valence-corrected chi connectivity index (χ3v) is 4.40. The average molecular weight is 338 g/mol. The number of anilines is 2. The molecule has 6 nitrogen and oxygen atoms in total. The molecule has 1 aliphatic rings. The normalized spacial score (nSPS) is 17.1. The lowest BCUT2D eigenvalue weighted by Gasteiger charge is -2.32. The van der Waals surface area contributed by atoms with Gasteiger partial charge >= 0.3 is 0 Å². The van der Waals surface area contributed by atoms with Crippen molar-refractivity contribution in [2.45, 2.75) is 19.3 Å². The number of pyridine rings is 1. The van der Waals surface area contributed by atoms with Gasteiger partial charge in [0.2, 0.25) is 11.8 Å². The zero-order chi connectivity index (χ0) is 17.6. The number of rotatable bonds is 4. The van der Waals surface area contributed by atoms with Gasteiger partial charge in [0.15, 0.2) is 0 Å². The lowest BCUT2D eigenvalue weighted by atomic mass is 9.96. The predicted octanol–water partition coefficient (Wildman–Crippen LogP) is 2.08. The van der Waals surface area contributed by atoms with Gasteiger partial charge in [0.25, 0.3) is 0 Å². The second-order valence-corrected chi connectivity index (χ2v) is 6.30. The van der Waals surface area contributed by atoms with Crippen LogP contribution in [0.15, 0.2) is 48.7 Å². The molecule has 0 radical (unpaired) electrons. The van der Waals surface area contributed by atoms with E-state index in [1.54, 1.807) is 17.0 Å². The number of likely N-dealkylation sites (tertiary alicyclic amines) is 1. The summed E-state index contributed by atoms with van der Waals surface area (Å²) in [7, 11) is 0. The summed E-state index contributed by atoms with van der Waals surface area (Å²) < 4.78 is 0. The largest absolute Gasteiger partial charge is 0.384 e. The molecule has 0 aliphatic carbocycles. The Hall–Kier alpha value is -2.89. The van der Waals surface area contributed by atoms with Gasteiger partial charge in [-0.1, -0.05) is 30.3 Å². The SMILES string of the molecule is Nc1ccc(NC(=O)C2CCCN(C(=O)Cc3ccccc3)C2)cn1. The maximum Gasteiger partial charge on any atom is 0.229 e. The van der Waals surface area contributed by atoms with Gasteiger partial charge in [0, 0.05) is 13.1 Å². The molecule has 2 heterocycles. The molecule has 3 N–H and O–H groups in total. The van der Waals surface area contributed by atoms with Gasteiger partial charge in [0.1, 0.15) is 5.82 Å². The first-order valence-corrected chi connectivity index (χ1v) is 8.46. The van der Waals surface area contributed by atoms with Crippen molar-refractivity contribution in [3.05, 3.63) is 54.2 Å². The van der Waals surface area contributed by atoms with Gasteiger partial charge < -0.3 is 16.0 Å². The molecule has 6 heteroatoms. The summed E-state index contributed by atoms with van der Waals surface area (Å²) in [5.74, 6) is 0.195. The third-order valence-electron chi connectivity index (χ3n) is 4.40. The van der Waals surface area contributed by atoms with Crippen LogP contribution in [0.4, 0.5) is 11.5 Å². The number of piperidine rings is 1. The number of benzene rings is 1. The van der Waals surface area contributed by atoms with Crippen LogP contribution in [-0.2, 0) is 16.0 Å². The molecule has 1 unspecified atom stereocenters. The van der Waals surface area contributed by atoms with Crippen LogP contribution < -0.4 is 11.1 Å². The Bertz CT molecular complexity index is 731. The maximum atomic E-state index is 12.5. The number of nitrogens with zero attached hydrogens (tertiary/aromatic N) is 2. The van der Waals surface area contributed by atoms with Crippen molar-refractivity contribution in [3.8, 4) is 0 Å². The fourth-order valence-corrected chi connectivity index (χ4v) is 3.02. The number of carbonyl (C=O) groups is 2. The Balaban J connectivity index is 1.57. The molecule has 1 fully saturated rings. The second-order valence-electron chi connectivity index (χ2n) is 6.30. The van der Waals surface area contributed by atoms with Crippen LogP contribution in [0.3, 0.4) is 0 Å². The molecule has 1 aromatic heterocycles. The molecule has 1 atom stereocenters. The van der Waals surface area contributed by atoms with E-state index in [1.165, 1.54) is 6.20 Å². The van der Waals surface area contributed by atoms with Crippen LogP contribution in [0, 0.1) is 5.92 Å². The Kier molecular flexibility index (Phi) is 5.28. The first-order chi connectivity index (χ1) is 12.1. The van der Waals surface area contributed by atoms with Crippen molar-refractivity contribution in [3.63, 3.8) is 0 Å². The summed E-state index contributed by atoms with van der Waals surface area (Å²) in [5, 5.41) is 2.85. The molecule has 130 valence electrons. The molecule has 1 aromatic carbocycles. The topological polar surface area (TPSA) is 88.3 Å². The van der Waals surface area contributed by atoms with Gasteiger partial charge in [-0.2, -0.15) is 0 Å². The second kappa shape index (κ2) is 7.79. The highest BCUT2D eigenvalue weighted by Crippen LogP contribution is 2.20. The molecule has 0 saturated carbocycles. The van der Waals surface area contributed by atoms with E-state index in [0.717, 1.165) is 18.4 Å². The van der Waals surface area contributed by atoms with Crippen molar-refractivity contribution in [2.24, 2.45) is 5.92 Å². The number of nitrogens with two attached hydrogens (primary N) is 1. The highest BCUT2D eigenvalue weighted by molar-refractivity contribution is 5.93. The van der Waals surface area contributed by atoms with Crippen LogP contribution >= 0.6 is 0 Å². The highest BCUT2D eigenvalue weighted by Gasteiger charge is 2.28. The number of hydrogen-bond donors (Lipinski definition) is 2. The van der Waals surface area contributed by atoms with Crippen molar-refractivity contribution < 1.29 is 9.59 Å². The zero-order valence-electron chi connectivity index (χ0n) is 14.0. The van der Waals surface area contributed by atoms with Gasteiger partial charge in [-0.3, -0.25) is 9.59 Å². The van der Waals surface area contributed by atoms with E-state index in [2.05, 4.69) is 10.3 Å². The third kappa shape index (κ3) is 4.56. The van der Waals surface area contributed by atoms with Crippen molar-refractivity contribution in [2.75, 3.05) is 24.1 Å². The molecule has 25 heavy (non-hydrogen) atoms. The number of nitrogens with one attached hydrogen (secondary N) is 1. The maximum absolute atomic E-state index is 12.5. The van der Waals surface area contributed by atoms with Gasteiger partial charge in [-0.15, -0.1) is 0 Å². The molecule has 0 bridgehead atoms. The number of carbonyl (C=O) groups excluding carboxylic acids is 2. The summed E-state index contributed by atoms with van der Waals surface area (Å²) in [4.78, 5) is 30.7. The lowest BCUT2D eigenvalue weighted by Crippen LogP contribution is -2.44. The monoisotopic (exact) mass is 338 g/mol. The van der Waals surface area contributed by atoms with Gasteiger partial charge in [-0.05, 0) is 30.5 Å². The van der Waals surface area contributed by atoms with Crippen molar-refractivity contribution >= 4 is 23.3 Å². The van der Waals surface area contributed by atoms with Crippen molar-refractivity contribution in [1.29, 1.82) is 0 Å². The summed E-state index contributed by atoms with van der Waals surface area (Å²) in [6.07, 6.45) is 3.52. The summed E-state index contributed by atoms with van der Waals surface area (Å²) in [6.45, 7) is 1.17. The Morgan fingerprint density at radius 1 is 1.20 bits per heavy atom. The van der Waals surface area contributed by atoms with Crippen LogP contribution in [0.1, 0.15) is 18.4 Å². The number of nitrogen functional groups attached to an aromatic ring is 1. The Morgan fingerprint density at radius 3 is 2.72 bits per heavy atom. The fourth-order valence-electron chi connectivity index (χ4n) is 3.02. The summed E-state index contributed by atoms with van der Waals surface area (Å²) >= 11 is 0. The Labute approximate surface area is 147 Å². The number of aromatic nitrogens is 1. The van der Waals surface area contributed by atoms with Crippen LogP contribution in [0.5, 0.6) is 0 Å². The minimum atomic E-state index is -0.203. The molecular weight excluding hydrogens is 316 g/mol. The quantitative estimate of drug-likeness (QED) is 0.893.